The highest BCUT2D eigenvalue weighted by Gasteiger charge is 2.10. The number of thiophene rings is 2. The molecule has 0 saturated carbocycles. The molecule has 3 aromatic rings. The zero-order chi connectivity index (χ0) is 8.84. The third-order valence-corrected chi connectivity index (χ3v) is 3.81. The number of aromatic nitrogens is 1. The molecular formula is C9H5NOS2. The predicted molar refractivity (Wildman–Crippen MR) is 56.2 cm³/mol. The van der Waals surface area contributed by atoms with Gasteiger partial charge < -0.3 is 5.21 Å². The second-order valence-corrected chi connectivity index (χ2v) is 4.64. The molecule has 0 atom stereocenters. The second kappa shape index (κ2) is 2.43. The molecule has 0 bridgehead atoms. The Morgan fingerprint density at radius 1 is 1.08 bits per heavy atom. The van der Waals surface area contributed by atoms with Crippen LogP contribution in [0.15, 0.2) is 29.1 Å². The quantitative estimate of drug-likeness (QED) is 0.411. The maximum absolute atomic E-state index is 11.5. The Morgan fingerprint density at radius 3 is 2.77 bits per heavy atom. The summed E-state index contributed by atoms with van der Waals surface area (Å²) in [7, 11) is 0. The molecule has 0 spiro atoms. The van der Waals surface area contributed by atoms with E-state index in [0.717, 1.165) is 19.6 Å². The summed E-state index contributed by atoms with van der Waals surface area (Å²) in [5.41, 5.74) is 0. The van der Waals surface area contributed by atoms with E-state index < -0.39 is 0 Å². The van der Waals surface area contributed by atoms with E-state index in [-0.39, 0.29) is 0 Å². The molecule has 3 rings (SSSR count). The van der Waals surface area contributed by atoms with Crippen LogP contribution in [-0.2, 0) is 0 Å². The van der Waals surface area contributed by atoms with Crippen molar-refractivity contribution in [1.82, 2.24) is 0 Å². The fourth-order valence-electron chi connectivity index (χ4n) is 1.49. The van der Waals surface area contributed by atoms with Gasteiger partial charge in [-0.05, 0) is 22.9 Å². The van der Waals surface area contributed by atoms with Crippen LogP contribution in [0.1, 0.15) is 0 Å². The third-order valence-electron chi connectivity index (χ3n) is 2.06. The zero-order valence-corrected chi connectivity index (χ0v) is 8.19. The highest BCUT2D eigenvalue weighted by atomic mass is 32.1. The SMILES string of the molecule is [O-][n+]1cc2sccc2c2ccsc21. The van der Waals surface area contributed by atoms with Gasteiger partial charge in [0.25, 0.3) is 4.83 Å². The Hall–Kier alpha value is -1.13. The van der Waals surface area contributed by atoms with E-state index in [0.29, 0.717) is 0 Å². The molecule has 0 unspecified atom stereocenters. The lowest BCUT2D eigenvalue weighted by Crippen LogP contribution is -2.24. The summed E-state index contributed by atoms with van der Waals surface area (Å²) in [5.74, 6) is 0. The average Bonchev–Trinajstić information content (AvgIpc) is 2.66. The fourth-order valence-corrected chi connectivity index (χ4v) is 3.09. The minimum Gasteiger partial charge on any atom is -0.618 e. The van der Waals surface area contributed by atoms with E-state index in [1.165, 1.54) is 16.7 Å². The molecular weight excluding hydrogens is 202 g/mol. The van der Waals surface area contributed by atoms with Crippen molar-refractivity contribution in [1.29, 1.82) is 0 Å². The summed E-state index contributed by atoms with van der Waals surface area (Å²) in [4.78, 5) is 0.797. The average molecular weight is 207 g/mol. The van der Waals surface area contributed by atoms with Gasteiger partial charge in [-0.15, -0.1) is 11.3 Å². The lowest BCUT2D eigenvalue weighted by Gasteiger charge is -1.96. The summed E-state index contributed by atoms with van der Waals surface area (Å²) in [6.45, 7) is 0. The maximum atomic E-state index is 11.5. The summed E-state index contributed by atoms with van der Waals surface area (Å²) < 4.78 is 2.01. The largest absolute Gasteiger partial charge is 0.618 e. The molecule has 64 valence electrons. The van der Waals surface area contributed by atoms with Crippen LogP contribution in [-0.4, -0.2) is 0 Å². The first-order chi connectivity index (χ1) is 6.36. The van der Waals surface area contributed by atoms with Gasteiger partial charge in [0, 0.05) is 5.39 Å². The van der Waals surface area contributed by atoms with Crippen molar-refractivity contribution >= 4 is 43.0 Å². The van der Waals surface area contributed by atoms with Gasteiger partial charge in [-0.25, -0.2) is 0 Å². The molecule has 0 aliphatic heterocycles. The van der Waals surface area contributed by atoms with Gasteiger partial charge >= 0.3 is 0 Å². The van der Waals surface area contributed by atoms with Crippen LogP contribution in [0.3, 0.4) is 0 Å². The van der Waals surface area contributed by atoms with E-state index in [4.69, 9.17) is 0 Å². The fraction of sp³-hybridized carbons (Fsp3) is 0. The normalized spacial score (nSPS) is 11.4. The zero-order valence-electron chi connectivity index (χ0n) is 6.56. The van der Waals surface area contributed by atoms with Crippen LogP contribution >= 0.6 is 22.7 Å². The monoisotopic (exact) mass is 207 g/mol. The number of hydrogen-bond acceptors (Lipinski definition) is 3. The number of fused-ring (bicyclic) bond motifs is 3. The molecule has 3 heterocycles. The van der Waals surface area contributed by atoms with Gasteiger partial charge in [0.1, 0.15) is 4.70 Å². The molecule has 0 N–H and O–H groups in total. The van der Waals surface area contributed by atoms with Crippen molar-refractivity contribution < 1.29 is 4.73 Å². The smallest absolute Gasteiger partial charge is 0.280 e. The van der Waals surface area contributed by atoms with Crippen molar-refractivity contribution in [3.63, 3.8) is 0 Å². The Bertz CT molecular complexity index is 581. The van der Waals surface area contributed by atoms with Gasteiger partial charge in [0.15, 0.2) is 6.20 Å². The Kier molecular flexibility index (Phi) is 1.36. The van der Waals surface area contributed by atoms with E-state index in [1.807, 2.05) is 16.8 Å². The highest BCUT2D eigenvalue weighted by molar-refractivity contribution is 7.18. The second-order valence-electron chi connectivity index (χ2n) is 2.79. The van der Waals surface area contributed by atoms with Crippen LogP contribution < -0.4 is 4.73 Å². The van der Waals surface area contributed by atoms with Crippen LogP contribution in [0.2, 0.25) is 0 Å². The van der Waals surface area contributed by atoms with Crippen LogP contribution in [0, 0.1) is 5.21 Å². The maximum Gasteiger partial charge on any atom is 0.280 e. The molecule has 2 nitrogen and oxygen atoms in total. The molecule has 0 aliphatic carbocycles. The Balaban J connectivity index is 2.70. The molecule has 0 fully saturated rings. The first kappa shape index (κ1) is 7.29. The molecule has 0 radical (unpaired) electrons. The molecule has 13 heavy (non-hydrogen) atoms. The molecule has 0 aromatic carbocycles. The number of pyridine rings is 1. The minimum absolute atomic E-state index is 0.797. The van der Waals surface area contributed by atoms with Crippen molar-refractivity contribution in [2.24, 2.45) is 0 Å². The topological polar surface area (TPSA) is 26.9 Å². The molecule has 0 amide bonds. The summed E-state index contributed by atoms with van der Waals surface area (Å²) in [6.07, 6.45) is 1.65. The van der Waals surface area contributed by atoms with Gasteiger partial charge in [-0.3, -0.25) is 0 Å². The van der Waals surface area contributed by atoms with E-state index in [1.54, 1.807) is 17.5 Å². The molecule has 0 aliphatic rings. The van der Waals surface area contributed by atoms with Crippen molar-refractivity contribution in [2.75, 3.05) is 0 Å². The van der Waals surface area contributed by atoms with Gasteiger partial charge in [0.05, 0.1) is 5.39 Å². The molecule has 3 aromatic heterocycles. The van der Waals surface area contributed by atoms with Gasteiger partial charge in [-0.1, -0.05) is 11.3 Å². The number of nitrogens with zero attached hydrogens (tertiary/aromatic N) is 1. The number of rotatable bonds is 0. The van der Waals surface area contributed by atoms with E-state index in [9.17, 15) is 5.21 Å². The Labute approximate surface area is 82.3 Å². The van der Waals surface area contributed by atoms with E-state index >= 15 is 0 Å². The lowest BCUT2D eigenvalue weighted by atomic mass is 10.2. The van der Waals surface area contributed by atoms with E-state index in [2.05, 4.69) is 6.07 Å². The third kappa shape index (κ3) is 0.897. The van der Waals surface area contributed by atoms with Gasteiger partial charge in [-0.2, -0.15) is 4.73 Å². The summed E-state index contributed by atoms with van der Waals surface area (Å²) in [6, 6.07) is 4.07. The van der Waals surface area contributed by atoms with Gasteiger partial charge in [0.2, 0.25) is 0 Å². The molecule has 0 saturated heterocycles. The standard InChI is InChI=1S/C9H5NOS2/c11-10-5-8-6(1-3-12-8)7-2-4-13-9(7)10/h1-5H. The van der Waals surface area contributed by atoms with Crippen molar-refractivity contribution in [3.05, 3.63) is 34.3 Å². The number of hydrogen-bond donors (Lipinski definition) is 0. The van der Waals surface area contributed by atoms with Crippen LogP contribution in [0.25, 0.3) is 20.3 Å². The van der Waals surface area contributed by atoms with Crippen molar-refractivity contribution in [3.8, 4) is 0 Å². The van der Waals surface area contributed by atoms with Crippen LogP contribution in [0.5, 0.6) is 0 Å². The summed E-state index contributed by atoms with van der Waals surface area (Å²) in [5, 5.41) is 17.7. The summed E-state index contributed by atoms with van der Waals surface area (Å²) >= 11 is 3.09. The predicted octanol–water partition coefficient (Wildman–Crippen LogP) is 2.75. The first-order valence-corrected chi connectivity index (χ1v) is 5.59. The lowest BCUT2D eigenvalue weighted by molar-refractivity contribution is -0.573. The highest BCUT2D eigenvalue weighted by Crippen LogP contribution is 2.28. The van der Waals surface area contributed by atoms with Crippen molar-refractivity contribution in [2.45, 2.75) is 0 Å². The van der Waals surface area contributed by atoms with Crippen LogP contribution in [0.4, 0.5) is 0 Å². The first-order valence-electron chi connectivity index (χ1n) is 3.83. The minimum atomic E-state index is 0.797. The molecule has 4 heteroatoms. The Morgan fingerprint density at radius 2 is 1.85 bits per heavy atom.